The fourth-order valence-electron chi connectivity index (χ4n) is 1.06. The van der Waals surface area contributed by atoms with Gasteiger partial charge in [0.15, 0.2) is 0 Å². The molecule has 0 radical (unpaired) electrons. The molecule has 1 atom stereocenters. The monoisotopic (exact) mass is 274 g/mol. The molecule has 2 aliphatic rings. The number of carbonyl (C=O) groups is 2. The van der Waals surface area contributed by atoms with Crippen molar-refractivity contribution in [3.05, 3.63) is 48.1 Å². The molecule has 0 saturated carbocycles. The Balaban J connectivity index is 0.000000284. The van der Waals surface area contributed by atoms with Crippen LogP contribution in [-0.4, -0.2) is 22.2 Å². The Bertz CT molecular complexity index is 393. The normalized spacial score (nSPS) is 19.1. The van der Waals surface area contributed by atoms with Crippen LogP contribution >= 0.6 is 0 Å². The van der Waals surface area contributed by atoms with Crippen molar-refractivity contribution < 1.29 is 36.9 Å². The summed E-state index contributed by atoms with van der Waals surface area (Å²) in [6, 6.07) is 0. The molecule has 0 fully saturated rings. The van der Waals surface area contributed by atoms with Gasteiger partial charge in [-0.15, -0.1) is 5.57 Å². The molecule has 2 N–H and O–H groups in total. The van der Waals surface area contributed by atoms with Crippen molar-refractivity contribution in [2.45, 2.75) is 6.42 Å². The van der Waals surface area contributed by atoms with E-state index in [-0.39, 0.29) is 17.1 Å². The van der Waals surface area contributed by atoms with Gasteiger partial charge in [0, 0.05) is 5.92 Å². The van der Waals surface area contributed by atoms with Gasteiger partial charge in [-0.2, -0.15) is 12.2 Å². The third-order valence-electron chi connectivity index (χ3n) is 1.93. The molecule has 0 aromatic heterocycles. The van der Waals surface area contributed by atoms with E-state index < -0.39 is 17.9 Å². The molecular formula is C12H10FeO4. The average Bonchev–Trinajstić information content (AvgIpc) is 2.93. The Hall–Kier alpha value is -1.58. The maximum atomic E-state index is 10.1. The molecule has 5 heteroatoms. The molecule has 0 bridgehead atoms. The van der Waals surface area contributed by atoms with E-state index in [1.807, 2.05) is 0 Å². The van der Waals surface area contributed by atoms with E-state index in [4.69, 9.17) is 10.2 Å². The van der Waals surface area contributed by atoms with Gasteiger partial charge in [0.05, 0.1) is 0 Å². The van der Waals surface area contributed by atoms with Crippen LogP contribution in [0.15, 0.2) is 36.0 Å². The molecule has 17 heavy (non-hydrogen) atoms. The average molecular weight is 274 g/mol. The molecule has 0 saturated heterocycles. The zero-order valence-corrected chi connectivity index (χ0v) is 9.84. The smallest absolute Gasteiger partial charge is 0.491 e. The van der Waals surface area contributed by atoms with E-state index in [1.54, 1.807) is 18.2 Å². The summed E-state index contributed by atoms with van der Waals surface area (Å²) in [7, 11) is 0. The van der Waals surface area contributed by atoms with Crippen LogP contribution in [0.5, 0.6) is 0 Å². The van der Waals surface area contributed by atoms with Crippen LogP contribution in [0.1, 0.15) is 6.42 Å². The number of carboxylic acids is 2. The van der Waals surface area contributed by atoms with E-state index in [1.165, 1.54) is 12.2 Å². The molecule has 4 nitrogen and oxygen atoms in total. The van der Waals surface area contributed by atoms with Crippen LogP contribution in [-0.2, 0) is 26.7 Å². The second kappa shape index (κ2) is 7.65. The van der Waals surface area contributed by atoms with Crippen LogP contribution in [0, 0.1) is 18.1 Å². The summed E-state index contributed by atoms with van der Waals surface area (Å²) in [5.74, 6) is -2.09. The maximum Gasteiger partial charge on any atom is 2.00 e. The first-order valence-corrected chi connectivity index (χ1v) is 4.60. The fourth-order valence-corrected chi connectivity index (χ4v) is 1.06. The van der Waals surface area contributed by atoms with Gasteiger partial charge in [-0.1, -0.05) is 6.42 Å². The van der Waals surface area contributed by atoms with Crippen molar-refractivity contribution in [3.63, 3.8) is 0 Å². The van der Waals surface area contributed by atoms with Gasteiger partial charge in [-0.05, 0) is 0 Å². The van der Waals surface area contributed by atoms with Crippen LogP contribution in [0.25, 0.3) is 0 Å². The summed E-state index contributed by atoms with van der Waals surface area (Å²) in [6.45, 7) is 0. The summed E-state index contributed by atoms with van der Waals surface area (Å²) < 4.78 is 0. The number of hydrogen-bond acceptors (Lipinski definition) is 2. The minimum atomic E-state index is -0.841. The Morgan fingerprint density at radius 2 is 2.00 bits per heavy atom. The first-order valence-electron chi connectivity index (χ1n) is 4.60. The number of hydrogen-bond donors (Lipinski definition) is 2. The predicted octanol–water partition coefficient (Wildman–Crippen LogP) is 1.37. The minimum absolute atomic E-state index is 0. The zero-order chi connectivity index (χ0) is 12.0. The van der Waals surface area contributed by atoms with Gasteiger partial charge < -0.3 is 10.2 Å². The largest absolute Gasteiger partial charge is 2.00 e. The van der Waals surface area contributed by atoms with Crippen LogP contribution in [0.4, 0.5) is 0 Å². The molecule has 0 aromatic carbocycles. The topological polar surface area (TPSA) is 74.6 Å². The van der Waals surface area contributed by atoms with Gasteiger partial charge in [0.25, 0.3) is 5.97 Å². The summed E-state index contributed by atoms with van der Waals surface area (Å²) in [6.07, 6.45) is 13.8. The Labute approximate surface area is 109 Å². The van der Waals surface area contributed by atoms with Crippen molar-refractivity contribution in [1.29, 1.82) is 0 Å². The molecule has 0 aliphatic heterocycles. The Morgan fingerprint density at radius 1 is 1.29 bits per heavy atom. The fraction of sp³-hybridized carbons (Fsp3) is 0.167. The second-order valence-electron chi connectivity index (χ2n) is 3.11. The number of rotatable bonds is 2. The summed E-state index contributed by atoms with van der Waals surface area (Å²) in [5, 5.41) is 16.6. The predicted molar refractivity (Wildman–Crippen MR) is 56.2 cm³/mol. The van der Waals surface area contributed by atoms with Gasteiger partial charge >= 0.3 is 17.1 Å². The molecule has 2 rings (SSSR count). The SMILES string of the molecule is O=C(O)C1=C[C-]=CC1.O=C(O)C1C=[C-]C=C1.[Fe+2]. The van der Waals surface area contributed by atoms with Crippen LogP contribution in [0.2, 0.25) is 0 Å². The third-order valence-corrected chi connectivity index (χ3v) is 1.93. The molecule has 0 spiro atoms. The second-order valence-corrected chi connectivity index (χ2v) is 3.11. The number of carboxylic acid groups (broad SMARTS) is 2. The number of aliphatic carboxylic acids is 2. The molecule has 1 unspecified atom stereocenters. The van der Waals surface area contributed by atoms with Crippen molar-refractivity contribution in [2.24, 2.45) is 5.92 Å². The summed E-state index contributed by atoms with van der Waals surface area (Å²) >= 11 is 0. The van der Waals surface area contributed by atoms with Crippen molar-refractivity contribution in [2.75, 3.05) is 0 Å². The Kier molecular flexibility index (Phi) is 6.94. The first kappa shape index (κ1) is 15.4. The molecule has 0 heterocycles. The van der Waals surface area contributed by atoms with Gasteiger partial charge in [-0.3, -0.25) is 21.7 Å². The zero-order valence-electron chi connectivity index (χ0n) is 8.74. The van der Waals surface area contributed by atoms with Gasteiger partial charge in [-0.25, -0.2) is 18.2 Å². The summed E-state index contributed by atoms with van der Waals surface area (Å²) in [5.41, 5.74) is 0.421. The van der Waals surface area contributed by atoms with Crippen molar-refractivity contribution >= 4 is 11.9 Å². The van der Waals surface area contributed by atoms with E-state index in [0.29, 0.717) is 12.0 Å². The first-order chi connectivity index (χ1) is 7.61. The number of allylic oxidation sites excluding steroid dienone is 5. The Morgan fingerprint density at radius 3 is 2.24 bits per heavy atom. The molecule has 2 aliphatic carbocycles. The van der Waals surface area contributed by atoms with Crippen LogP contribution < -0.4 is 0 Å². The molecule has 0 aromatic rings. The summed E-state index contributed by atoms with van der Waals surface area (Å²) in [4.78, 5) is 20.2. The van der Waals surface area contributed by atoms with Crippen molar-refractivity contribution in [1.82, 2.24) is 0 Å². The minimum Gasteiger partial charge on any atom is -0.491 e. The quantitative estimate of drug-likeness (QED) is 0.589. The van der Waals surface area contributed by atoms with E-state index >= 15 is 0 Å². The van der Waals surface area contributed by atoms with E-state index in [0.717, 1.165) is 0 Å². The van der Waals surface area contributed by atoms with Crippen molar-refractivity contribution in [3.8, 4) is 0 Å². The van der Waals surface area contributed by atoms with Gasteiger partial charge in [0.2, 0.25) is 5.97 Å². The molecule has 90 valence electrons. The van der Waals surface area contributed by atoms with E-state index in [9.17, 15) is 9.59 Å². The molecule has 0 amide bonds. The van der Waals surface area contributed by atoms with Crippen LogP contribution in [0.3, 0.4) is 0 Å². The maximum absolute atomic E-state index is 10.1. The van der Waals surface area contributed by atoms with E-state index in [2.05, 4.69) is 12.2 Å². The molecular weight excluding hydrogens is 264 g/mol. The standard InChI is InChI=1S/2C6H5O2.Fe/c2*7-6(8)5-3-1-2-4-5;/h1,4H,3H2,(H,7,8);1,3-5H,(H,7,8);/q2*-1;+2. The third kappa shape index (κ3) is 5.33. The van der Waals surface area contributed by atoms with Gasteiger partial charge in [0.1, 0.15) is 0 Å².